The number of hydrogen-bond donors (Lipinski definition) is 1. The second-order valence-electron chi connectivity index (χ2n) is 10.1. The predicted molar refractivity (Wildman–Crippen MR) is 93.5 cm³/mol. The molecule has 3 aliphatic rings. The molecule has 3 fully saturated rings. The fraction of sp³-hybridized carbons (Fsp3) is 0.905. The Morgan fingerprint density at radius 1 is 0.875 bits per heavy atom. The van der Waals surface area contributed by atoms with Crippen LogP contribution in [0, 0.1) is 62.1 Å². The van der Waals surface area contributed by atoms with Crippen LogP contribution in [0.2, 0.25) is 0 Å². The maximum absolute atomic E-state index is 10.6. The Labute approximate surface area is 147 Å². The Bertz CT molecular complexity index is 600. The predicted octanol–water partition coefficient (Wildman–Crippen LogP) is 4.67. The SMILES string of the molecule is CC1(C)[C@@H](O)CC[C@]2(C)[C@H]3CC[C@](C)(C(C#N)C#N)[C@]3(C)CC[C@@H]12. The first-order valence-electron chi connectivity index (χ1n) is 9.55. The smallest absolute Gasteiger partial charge is 0.139 e. The number of rotatable bonds is 1. The molecule has 0 bridgehead atoms. The number of nitrogens with zero attached hydrogens (tertiary/aromatic N) is 2. The van der Waals surface area contributed by atoms with Gasteiger partial charge in [-0.2, -0.15) is 10.5 Å². The Morgan fingerprint density at radius 3 is 2.04 bits per heavy atom. The first-order valence-corrected chi connectivity index (χ1v) is 9.55. The van der Waals surface area contributed by atoms with Gasteiger partial charge < -0.3 is 5.11 Å². The Hall–Kier alpha value is -1.06. The van der Waals surface area contributed by atoms with Gasteiger partial charge in [-0.15, -0.1) is 0 Å². The summed E-state index contributed by atoms with van der Waals surface area (Å²) < 4.78 is 0. The average molecular weight is 329 g/mol. The van der Waals surface area contributed by atoms with Crippen LogP contribution in [0.15, 0.2) is 0 Å². The van der Waals surface area contributed by atoms with Gasteiger partial charge in [0.1, 0.15) is 5.92 Å². The van der Waals surface area contributed by atoms with Crippen molar-refractivity contribution in [3.8, 4) is 12.1 Å². The van der Waals surface area contributed by atoms with E-state index in [0.29, 0.717) is 11.8 Å². The van der Waals surface area contributed by atoms with Crippen LogP contribution in [0.3, 0.4) is 0 Å². The van der Waals surface area contributed by atoms with Gasteiger partial charge in [0.05, 0.1) is 18.2 Å². The zero-order valence-electron chi connectivity index (χ0n) is 15.9. The van der Waals surface area contributed by atoms with E-state index < -0.39 is 5.92 Å². The molecule has 3 nitrogen and oxygen atoms in total. The van der Waals surface area contributed by atoms with E-state index >= 15 is 0 Å². The van der Waals surface area contributed by atoms with Crippen molar-refractivity contribution in [1.82, 2.24) is 0 Å². The lowest BCUT2D eigenvalue weighted by atomic mass is 9.41. The summed E-state index contributed by atoms with van der Waals surface area (Å²) in [6.45, 7) is 11.5. The third-order valence-corrected chi connectivity index (χ3v) is 9.18. The Balaban J connectivity index is 2.04. The molecule has 0 aromatic carbocycles. The molecule has 24 heavy (non-hydrogen) atoms. The molecule has 0 amide bonds. The highest BCUT2D eigenvalue weighted by atomic mass is 16.3. The van der Waals surface area contributed by atoms with E-state index in [4.69, 9.17) is 0 Å². The van der Waals surface area contributed by atoms with E-state index in [1.807, 2.05) is 0 Å². The molecule has 0 spiro atoms. The zero-order chi connectivity index (χ0) is 18.0. The number of nitriles is 2. The lowest BCUT2D eigenvalue weighted by Gasteiger charge is -2.64. The van der Waals surface area contributed by atoms with Crippen LogP contribution in [-0.2, 0) is 0 Å². The molecule has 0 radical (unpaired) electrons. The molecule has 1 N–H and O–H groups in total. The van der Waals surface area contributed by atoms with Gasteiger partial charge in [-0.25, -0.2) is 0 Å². The van der Waals surface area contributed by atoms with Crippen molar-refractivity contribution in [2.75, 3.05) is 0 Å². The highest BCUT2D eigenvalue weighted by Gasteiger charge is 2.68. The van der Waals surface area contributed by atoms with Gasteiger partial charge in [0, 0.05) is 5.41 Å². The third kappa shape index (κ3) is 1.91. The molecule has 132 valence electrons. The highest BCUT2D eigenvalue weighted by Crippen LogP contribution is 2.73. The summed E-state index contributed by atoms with van der Waals surface area (Å²) in [5.74, 6) is 0.552. The van der Waals surface area contributed by atoms with Gasteiger partial charge in [0.2, 0.25) is 0 Å². The second-order valence-corrected chi connectivity index (χ2v) is 10.1. The molecule has 0 saturated heterocycles. The molecule has 0 unspecified atom stereocenters. The van der Waals surface area contributed by atoms with Crippen molar-refractivity contribution < 1.29 is 5.11 Å². The lowest BCUT2D eigenvalue weighted by Crippen LogP contribution is -2.59. The molecule has 0 heterocycles. The molecule has 0 aromatic heterocycles. The Kier molecular flexibility index (Phi) is 3.86. The first-order chi connectivity index (χ1) is 11.1. The number of fused-ring (bicyclic) bond motifs is 3. The van der Waals surface area contributed by atoms with Gasteiger partial charge in [-0.05, 0) is 66.6 Å². The van der Waals surface area contributed by atoms with Crippen molar-refractivity contribution in [1.29, 1.82) is 10.5 Å². The highest BCUT2D eigenvalue weighted by molar-refractivity contribution is 5.21. The quantitative estimate of drug-likeness (QED) is 0.760. The molecule has 3 saturated carbocycles. The van der Waals surface area contributed by atoms with Crippen molar-refractivity contribution in [3.05, 3.63) is 0 Å². The van der Waals surface area contributed by atoms with E-state index in [1.165, 1.54) is 0 Å². The Morgan fingerprint density at radius 2 is 1.46 bits per heavy atom. The van der Waals surface area contributed by atoms with Crippen molar-refractivity contribution >= 4 is 0 Å². The molecular formula is C21H32N2O. The summed E-state index contributed by atoms with van der Waals surface area (Å²) in [5.41, 5.74) is 0.00222. The van der Waals surface area contributed by atoms with Crippen LogP contribution in [0.1, 0.15) is 73.1 Å². The average Bonchev–Trinajstić information content (AvgIpc) is 2.79. The van der Waals surface area contributed by atoms with Crippen molar-refractivity contribution in [2.24, 2.45) is 39.4 Å². The van der Waals surface area contributed by atoms with Gasteiger partial charge >= 0.3 is 0 Å². The molecule has 0 aromatic rings. The normalized spacial score (nSPS) is 49.8. The topological polar surface area (TPSA) is 67.8 Å². The minimum absolute atomic E-state index is 0.0445. The molecule has 3 heteroatoms. The van der Waals surface area contributed by atoms with Crippen molar-refractivity contribution in [2.45, 2.75) is 79.2 Å². The minimum Gasteiger partial charge on any atom is -0.393 e. The van der Waals surface area contributed by atoms with E-state index in [2.05, 4.69) is 46.8 Å². The van der Waals surface area contributed by atoms with Crippen LogP contribution < -0.4 is 0 Å². The summed E-state index contributed by atoms with van der Waals surface area (Å²) in [4.78, 5) is 0. The second kappa shape index (κ2) is 5.22. The summed E-state index contributed by atoms with van der Waals surface area (Å²) in [7, 11) is 0. The summed E-state index contributed by atoms with van der Waals surface area (Å²) in [6.07, 6.45) is 6.01. The van der Waals surface area contributed by atoms with Crippen LogP contribution in [0.25, 0.3) is 0 Å². The van der Waals surface area contributed by atoms with Crippen LogP contribution in [0.5, 0.6) is 0 Å². The molecule has 6 atom stereocenters. The van der Waals surface area contributed by atoms with Gasteiger partial charge in [0.15, 0.2) is 0 Å². The van der Waals surface area contributed by atoms with E-state index in [9.17, 15) is 15.6 Å². The van der Waals surface area contributed by atoms with Gasteiger partial charge in [-0.3, -0.25) is 0 Å². The number of aliphatic hydroxyl groups excluding tert-OH is 1. The first kappa shape index (κ1) is 17.8. The molecular weight excluding hydrogens is 296 g/mol. The largest absolute Gasteiger partial charge is 0.393 e. The maximum Gasteiger partial charge on any atom is 0.139 e. The molecule has 3 aliphatic carbocycles. The van der Waals surface area contributed by atoms with Crippen LogP contribution in [0.4, 0.5) is 0 Å². The van der Waals surface area contributed by atoms with Crippen LogP contribution >= 0.6 is 0 Å². The minimum atomic E-state index is -0.519. The summed E-state index contributed by atoms with van der Waals surface area (Å²) in [6, 6.07) is 4.60. The standard InChI is InChI=1S/C21H32N2O/c1-18(2)15-6-11-21(5)16(19(15,3)9-8-17(18)24)7-10-20(21,4)14(12-22)13-23/h14-17,24H,6-11H2,1-5H3/t15-,16+,17-,19-,20+,21+/m0/s1. The fourth-order valence-electron chi connectivity index (χ4n) is 7.39. The summed E-state index contributed by atoms with van der Waals surface area (Å²) >= 11 is 0. The molecule has 3 rings (SSSR count). The van der Waals surface area contributed by atoms with E-state index in [-0.39, 0.29) is 27.8 Å². The van der Waals surface area contributed by atoms with E-state index in [1.54, 1.807) is 0 Å². The maximum atomic E-state index is 10.6. The fourth-order valence-corrected chi connectivity index (χ4v) is 7.39. The third-order valence-electron chi connectivity index (χ3n) is 9.18. The molecule has 0 aliphatic heterocycles. The van der Waals surface area contributed by atoms with Crippen molar-refractivity contribution in [3.63, 3.8) is 0 Å². The van der Waals surface area contributed by atoms with Gasteiger partial charge in [-0.1, -0.05) is 34.6 Å². The monoisotopic (exact) mass is 328 g/mol. The number of aliphatic hydroxyl groups is 1. The van der Waals surface area contributed by atoms with Crippen LogP contribution in [-0.4, -0.2) is 11.2 Å². The zero-order valence-corrected chi connectivity index (χ0v) is 15.9. The van der Waals surface area contributed by atoms with Gasteiger partial charge in [0.25, 0.3) is 0 Å². The summed E-state index contributed by atoms with van der Waals surface area (Å²) in [5, 5.41) is 29.7. The number of hydrogen-bond acceptors (Lipinski definition) is 3. The lowest BCUT2D eigenvalue weighted by molar-refractivity contribution is -0.178. The van der Waals surface area contributed by atoms with E-state index in [0.717, 1.165) is 38.5 Å².